The molecule has 0 fully saturated rings. The molecule has 32 heavy (non-hydrogen) atoms. The van der Waals surface area contributed by atoms with Crippen LogP contribution in [0.5, 0.6) is 0 Å². The second kappa shape index (κ2) is 11.5. The molecule has 9 heteroatoms. The maximum atomic E-state index is 13.5. The third-order valence-electron chi connectivity index (χ3n) is 5.14. The molecule has 2 rings (SSSR count). The Morgan fingerprint density at radius 3 is 2.25 bits per heavy atom. The molecule has 0 heterocycles. The van der Waals surface area contributed by atoms with Gasteiger partial charge in [-0.15, -0.1) is 0 Å². The Hall–Kier alpha value is -2.39. The summed E-state index contributed by atoms with van der Waals surface area (Å²) in [6.07, 6.45) is 1.46. The molecular weight excluding hydrogens is 494 g/mol. The first-order valence-electron chi connectivity index (χ1n) is 10.4. The van der Waals surface area contributed by atoms with Crippen LogP contribution >= 0.6 is 15.9 Å². The summed E-state index contributed by atoms with van der Waals surface area (Å²) in [5.41, 5.74) is 2.25. The number of rotatable bonds is 10. The van der Waals surface area contributed by atoms with E-state index in [1.54, 1.807) is 24.3 Å². The van der Waals surface area contributed by atoms with E-state index in [-0.39, 0.29) is 12.5 Å². The number of carbonyl (C=O) groups is 2. The van der Waals surface area contributed by atoms with E-state index in [9.17, 15) is 18.0 Å². The smallest absolute Gasteiger partial charge is 0.244 e. The summed E-state index contributed by atoms with van der Waals surface area (Å²) in [6.45, 7) is 5.82. The fourth-order valence-corrected chi connectivity index (χ4v) is 4.91. The van der Waals surface area contributed by atoms with Gasteiger partial charge in [0.2, 0.25) is 21.8 Å². The van der Waals surface area contributed by atoms with Crippen LogP contribution in [-0.2, 0) is 26.2 Å². The molecule has 1 N–H and O–H groups in total. The number of amides is 2. The van der Waals surface area contributed by atoms with Crippen LogP contribution in [0.25, 0.3) is 0 Å². The minimum atomic E-state index is -3.76. The van der Waals surface area contributed by atoms with Gasteiger partial charge in [-0.25, -0.2) is 8.42 Å². The number of aryl methyl sites for hydroxylation is 1. The molecule has 0 aromatic heterocycles. The summed E-state index contributed by atoms with van der Waals surface area (Å²) < 4.78 is 26.8. The summed E-state index contributed by atoms with van der Waals surface area (Å²) in [6, 6.07) is 13.7. The zero-order valence-corrected chi connectivity index (χ0v) is 21.2. The van der Waals surface area contributed by atoms with Crippen molar-refractivity contribution in [2.24, 2.45) is 0 Å². The first-order chi connectivity index (χ1) is 15.1. The van der Waals surface area contributed by atoms with Gasteiger partial charge in [-0.2, -0.15) is 0 Å². The summed E-state index contributed by atoms with van der Waals surface area (Å²) >= 11 is 3.37. The number of carbonyl (C=O) groups excluding carboxylic acids is 2. The number of sulfonamides is 1. The zero-order valence-electron chi connectivity index (χ0n) is 18.8. The van der Waals surface area contributed by atoms with E-state index in [2.05, 4.69) is 21.2 Å². The average molecular weight is 524 g/mol. The van der Waals surface area contributed by atoms with Gasteiger partial charge in [0.15, 0.2) is 0 Å². The lowest BCUT2D eigenvalue weighted by Crippen LogP contribution is -2.52. The van der Waals surface area contributed by atoms with E-state index in [4.69, 9.17) is 0 Å². The predicted octanol–water partition coefficient (Wildman–Crippen LogP) is 3.47. The first-order valence-corrected chi connectivity index (χ1v) is 13.1. The number of nitrogens with zero attached hydrogens (tertiary/aromatic N) is 2. The third-order valence-corrected chi connectivity index (χ3v) is 6.94. The summed E-state index contributed by atoms with van der Waals surface area (Å²) in [5, 5.41) is 2.78. The molecule has 2 amide bonds. The Labute approximate surface area is 199 Å². The van der Waals surface area contributed by atoms with Crippen LogP contribution in [-0.4, -0.2) is 50.5 Å². The maximum Gasteiger partial charge on any atom is 0.244 e. The third kappa shape index (κ3) is 6.56. The minimum absolute atomic E-state index is 0.203. The van der Waals surface area contributed by atoms with Gasteiger partial charge in [0, 0.05) is 17.6 Å². The molecule has 0 aliphatic rings. The number of hydrogen-bond acceptors (Lipinski definition) is 4. The van der Waals surface area contributed by atoms with Gasteiger partial charge in [0.05, 0.1) is 11.9 Å². The highest BCUT2D eigenvalue weighted by molar-refractivity contribution is 9.10. The highest BCUT2D eigenvalue weighted by Gasteiger charge is 2.32. The molecule has 0 saturated heterocycles. The molecule has 7 nitrogen and oxygen atoms in total. The number of likely N-dealkylation sites (N-methyl/N-ethyl adjacent to an activating group) is 1. The van der Waals surface area contributed by atoms with Crippen LogP contribution in [0.2, 0.25) is 0 Å². The molecule has 1 atom stereocenters. The molecule has 0 radical (unpaired) electrons. The van der Waals surface area contributed by atoms with E-state index in [1.165, 1.54) is 4.90 Å². The quantitative estimate of drug-likeness (QED) is 0.516. The van der Waals surface area contributed by atoms with Gasteiger partial charge in [-0.3, -0.25) is 13.9 Å². The Balaban J connectivity index is 2.46. The van der Waals surface area contributed by atoms with Crippen molar-refractivity contribution >= 4 is 43.5 Å². The molecule has 0 aliphatic heterocycles. The monoisotopic (exact) mass is 523 g/mol. The zero-order chi connectivity index (χ0) is 23.9. The van der Waals surface area contributed by atoms with Crippen LogP contribution in [0.4, 0.5) is 5.69 Å². The van der Waals surface area contributed by atoms with Crippen molar-refractivity contribution in [1.29, 1.82) is 0 Å². The highest BCUT2D eigenvalue weighted by Crippen LogP contribution is 2.28. The Kier molecular flexibility index (Phi) is 9.27. The second-order valence-corrected chi connectivity index (χ2v) is 10.2. The topological polar surface area (TPSA) is 86.8 Å². The molecule has 0 saturated carbocycles. The minimum Gasteiger partial charge on any atom is -0.355 e. The van der Waals surface area contributed by atoms with E-state index < -0.39 is 28.5 Å². The molecule has 0 bridgehead atoms. The SMILES string of the molecule is CCNC(=O)C(CC)N(Cc1ccccc1C)C(=O)CN(c1ccccc1Br)S(C)(=O)=O. The Morgan fingerprint density at radius 1 is 1.06 bits per heavy atom. The summed E-state index contributed by atoms with van der Waals surface area (Å²) in [5.74, 6) is -0.712. The molecule has 174 valence electrons. The molecule has 0 spiro atoms. The molecule has 2 aromatic rings. The van der Waals surface area contributed by atoms with Crippen LogP contribution in [0.15, 0.2) is 53.0 Å². The first kappa shape index (κ1) is 25.9. The van der Waals surface area contributed by atoms with Crippen LogP contribution < -0.4 is 9.62 Å². The van der Waals surface area contributed by atoms with Gasteiger partial charge >= 0.3 is 0 Å². The number of nitrogens with one attached hydrogen (secondary N) is 1. The van der Waals surface area contributed by atoms with E-state index in [0.717, 1.165) is 21.7 Å². The lowest BCUT2D eigenvalue weighted by Gasteiger charge is -2.33. The number of halogens is 1. The number of hydrogen-bond donors (Lipinski definition) is 1. The van der Waals surface area contributed by atoms with Gasteiger partial charge in [0.25, 0.3) is 0 Å². The summed E-state index contributed by atoms with van der Waals surface area (Å²) in [4.78, 5) is 27.8. The van der Waals surface area contributed by atoms with Crippen LogP contribution in [0.1, 0.15) is 31.4 Å². The van der Waals surface area contributed by atoms with Crippen molar-refractivity contribution in [3.63, 3.8) is 0 Å². The van der Waals surface area contributed by atoms with Crippen LogP contribution in [0, 0.1) is 6.92 Å². The fourth-order valence-electron chi connectivity index (χ4n) is 3.43. The van der Waals surface area contributed by atoms with E-state index in [1.807, 2.05) is 45.0 Å². The maximum absolute atomic E-state index is 13.5. The van der Waals surface area contributed by atoms with Crippen LogP contribution in [0.3, 0.4) is 0 Å². The van der Waals surface area contributed by atoms with Crippen molar-refractivity contribution in [2.45, 2.75) is 39.8 Å². The largest absolute Gasteiger partial charge is 0.355 e. The normalized spacial score (nSPS) is 12.2. The standard InChI is InChI=1S/C23H30BrN3O4S/c1-5-20(23(29)25-6-2)26(15-18-12-8-7-11-17(18)3)22(28)16-27(32(4,30)31)21-14-10-9-13-19(21)24/h7-14,20H,5-6,15-16H2,1-4H3,(H,25,29). The molecule has 2 aromatic carbocycles. The van der Waals surface area contributed by atoms with Gasteiger partial charge in [-0.05, 0) is 59.5 Å². The number of anilines is 1. The van der Waals surface area contributed by atoms with E-state index >= 15 is 0 Å². The fraction of sp³-hybridized carbons (Fsp3) is 0.391. The van der Waals surface area contributed by atoms with Crippen molar-refractivity contribution < 1.29 is 18.0 Å². The number of benzene rings is 2. The van der Waals surface area contributed by atoms with Crippen molar-refractivity contribution in [3.8, 4) is 0 Å². The van der Waals surface area contributed by atoms with E-state index in [0.29, 0.717) is 23.1 Å². The summed E-state index contributed by atoms with van der Waals surface area (Å²) in [7, 11) is -3.76. The Morgan fingerprint density at radius 2 is 1.69 bits per heavy atom. The van der Waals surface area contributed by atoms with Gasteiger partial charge in [-0.1, -0.05) is 43.3 Å². The molecular formula is C23H30BrN3O4S. The highest BCUT2D eigenvalue weighted by atomic mass is 79.9. The van der Waals surface area contributed by atoms with Crippen molar-refractivity contribution in [2.75, 3.05) is 23.7 Å². The lowest BCUT2D eigenvalue weighted by molar-refractivity contribution is -0.140. The Bertz CT molecular complexity index is 1060. The second-order valence-electron chi connectivity index (χ2n) is 7.49. The number of para-hydroxylation sites is 1. The molecule has 1 unspecified atom stereocenters. The van der Waals surface area contributed by atoms with Gasteiger partial charge in [0.1, 0.15) is 12.6 Å². The van der Waals surface area contributed by atoms with Crippen molar-refractivity contribution in [1.82, 2.24) is 10.2 Å². The lowest BCUT2D eigenvalue weighted by atomic mass is 10.1. The molecule has 0 aliphatic carbocycles. The predicted molar refractivity (Wildman–Crippen MR) is 131 cm³/mol. The average Bonchev–Trinajstić information content (AvgIpc) is 2.73. The van der Waals surface area contributed by atoms with Gasteiger partial charge < -0.3 is 10.2 Å². The van der Waals surface area contributed by atoms with Crippen molar-refractivity contribution in [3.05, 3.63) is 64.1 Å².